The molecule has 16 heavy (non-hydrogen) atoms. The molecule has 1 aliphatic rings. The lowest BCUT2D eigenvalue weighted by Crippen LogP contribution is -2.64. The number of rotatable bonds is 3. The fourth-order valence-corrected chi connectivity index (χ4v) is 1.67. The molecule has 1 aliphatic heterocycles. The van der Waals surface area contributed by atoms with E-state index in [0.717, 1.165) is 0 Å². The number of methoxy groups -OCH3 is 1. The normalized spacial score (nSPS) is 39.4. The van der Waals surface area contributed by atoms with Crippen LogP contribution >= 0.6 is 0 Å². The summed E-state index contributed by atoms with van der Waals surface area (Å²) in [7, 11) is 1.35. The van der Waals surface area contributed by atoms with Crippen LogP contribution in [0.4, 0.5) is 0 Å². The Kier molecular flexibility index (Phi) is 4.63. The van der Waals surface area contributed by atoms with Crippen LogP contribution in [0.2, 0.25) is 0 Å². The van der Waals surface area contributed by atoms with Crippen LogP contribution in [0.15, 0.2) is 0 Å². The molecule has 0 aromatic carbocycles. The third kappa shape index (κ3) is 2.69. The summed E-state index contributed by atoms with van der Waals surface area (Å²) in [6.45, 7) is 0.842. The maximum Gasteiger partial charge on any atom is 0.217 e. The van der Waals surface area contributed by atoms with Gasteiger partial charge in [-0.1, -0.05) is 0 Å². The van der Waals surface area contributed by atoms with Gasteiger partial charge in [0.05, 0.1) is 6.61 Å². The number of carbonyl (C=O) groups is 1. The Morgan fingerprint density at radius 2 is 2.06 bits per heavy atom. The van der Waals surface area contributed by atoms with Crippen molar-refractivity contribution in [1.82, 2.24) is 5.32 Å². The molecule has 1 heterocycles. The molecule has 94 valence electrons. The molecule has 0 aliphatic carbocycles. The molecule has 7 heteroatoms. The van der Waals surface area contributed by atoms with Gasteiger partial charge in [-0.15, -0.1) is 0 Å². The fourth-order valence-electron chi connectivity index (χ4n) is 1.67. The van der Waals surface area contributed by atoms with E-state index in [4.69, 9.17) is 14.6 Å². The van der Waals surface area contributed by atoms with E-state index < -0.39 is 37.3 Å². The van der Waals surface area contributed by atoms with Gasteiger partial charge < -0.3 is 30.1 Å². The number of hydrogen-bond acceptors (Lipinski definition) is 6. The summed E-state index contributed by atoms with van der Waals surface area (Å²) in [5, 5.41) is 30.7. The Hall–Kier alpha value is -0.730. The molecule has 5 atom stereocenters. The molecule has 1 fully saturated rings. The zero-order valence-electron chi connectivity index (χ0n) is 9.16. The van der Waals surface area contributed by atoms with Crippen molar-refractivity contribution in [1.29, 1.82) is 0 Å². The number of aliphatic hydroxyl groups excluding tert-OH is 3. The molecule has 0 radical (unpaired) electrons. The molecule has 1 amide bonds. The second-order valence-electron chi connectivity index (χ2n) is 3.67. The highest BCUT2D eigenvalue weighted by atomic mass is 16.7. The molecule has 0 saturated carbocycles. The minimum Gasteiger partial charge on any atom is -0.394 e. The maximum atomic E-state index is 10.9. The molecule has 1 rings (SSSR count). The fraction of sp³-hybridized carbons (Fsp3) is 0.889. The highest BCUT2D eigenvalue weighted by Gasteiger charge is 2.44. The Bertz CT molecular complexity index is 246. The Labute approximate surface area is 93.0 Å². The zero-order chi connectivity index (χ0) is 12.3. The van der Waals surface area contributed by atoms with Crippen molar-refractivity contribution in [2.45, 2.75) is 37.6 Å². The van der Waals surface area contributed by atoms with Gasteiger partial charge in [0.2, 0.25) is 5.91 Å². The molecule has 1 saturated heterocycles. The Morgan fingerprint density at radius 1 is 1.44 bits per heavy atom. The summed E-state index contributed by atoms with van der Waals surface area (Å²) >= 11 is 0. The monoisotopic (exact) mass is 235 g/mol. The number of aliphatic hydroxyl groups is 3. The van der Waals surface area contributed by atoms with Crippen LogP contribution in [0.1, 0.15) is 6.92 Å². The van der Waals surface area contributed by atoms with Crippen molar-refractivity contribution in [2.24, 2.45) is 0 Å². The highest BCUT2D eigenvalue weighted by Crippen LogP contribution is 2.21. The minimum atomic E-state index is -1.27. The lowest BCUT2D eigenvalue weighted by molar-refractivity contribution is -0.262. The molecule has 0 bridgehead atoms. The lowest BCUT2D eigenvalue weighted by Gasteiger charge is -2.41. The average molecular weight is 235 g/mol. The first-order chi connectivity index (χ1) is 7.51. The first-order valence-electron chi connectivity index (χ1n) is 4.93. The van der Waals surface area contributed by atoms with Gasteiger partial charge in [-0.2, -0.15) is 0 Å². The van der Waals surface area contributed by atoms with E-state index in [1.807, 2.05) is 0 Å². The second-order valence-corrected chi connectivity index (χ2v) is 3.67. The van der Waals surface area contributed by atoms with Gasteiger partial charge >= 0.3 is 0 Å². The largest absolute Gasteiger partial charge is 0.394 e. The number of nitrogens with one attached hydrogen (secondary N) is 1. The number of ether oxygens (including phenoxy) is 2. The van der Waals surface area contributed by atoms with Crippen LogP contribution in [0.3, 0.4) is 0 Å². The van der Waals surface area contributed by atoms with E-state index >= 15 is 0 Å². The number of amides is 1. The molecule has 0 spiro atoms. The highest BCUT2D eigenvalue weighted by molar-refractivity contribution is 5.73. The van der Waals surface area contributed by atoms with Crippen molar-refractivity contribution >= 4 is 5.91 Å². The van der Waals surface area contributed by atoms with Crippen molar-refractivity contribution in [3.05, 3.63) is 0 Å². The van der Waals surface area contributed by atoms with E-state index in [0.29, 0.717) is 0 Å². The van der Waals surface area contributed by atoms with Crippen LogP contribution in [0.25, 0.3) is 0 Å². The first-order valence-corrected chi connectivity index (χ1v) is 4.93. The molecule has 0 aromatic heterocycles. The molecule has 0 aromatic rings. The van der Waals surface area contributed by atoms with Crippen LogP contribution in [0.5, 0.6) is 0 Å². The molecular formula is C9H17NO6. The smallest absolute Gasteiger partial charge is 0.217 e. The standard InChI is InChI=1S/C9H17NO6/c1-4(12)10-6-8(14)7(13)5(3-11)16-9(6)15-2/h5-9,11,13-14H,3H2,1-2H3,(H,10,12)/t5?,6-,7-,8?,9+/m0/s1. The number of hydrogen-bond donors (Lipinski definition) is 4. The maximum absolute atomic E-state index is 10.9. The molecule has 2 unspecified atom stereocenters. The molecular weight excluding hydrogens is 218 g/mol. The van der Waals surface area contributed by atoms with Gasteiger partial charge in [0.15, 0.2) is 6.29 Å². The summed E-state index contributed by atoms with van der Waals surface area (Å²) < 4.78 is 10.1. The van der Waals surface area contributed by atoms with Crippen molar-refractivity contribution in [3.63, 3.8) is 0 Å². The van der Waals surface area contributed by atoms with E-state index in [2.05, 4.69) is 5.32 Å². The minimum absolute atomic E-state index is 0.371. The van der Waals surface area contributed by atoms with Crippen LogP contribution in [-0.4, -0.2) is 65.6 Å². The summed E-state index contributed by atoms with van der Waals surface area (Å²) in [5.41, 5.74) is 0. The first kappa shape index (κ1) is 13.3. The Balaban J connectivity index is 2.77. The number of carbonyl (C=O) groups excluding carboxylic acids is 1. The van der Waals surface area contributed by atoms with Gasteiger partial charge in [-0.25, -0.2) is 0 Å². The molecule has 4 N–H and O–H groups in total. The van der Waals surface area contributed by atoms with E-state index in [9.17, 15) is 15.0 Å². The van der Waals surface area contributed by atoms with Gasteiger partial charge in [0.25, 0.3) is 0 Å². The van der Waals surface area contributed by atoms with E-state index in [-0.39, 0.29) is 5.91 Å². The predicted octanol–water partition coefficient (Wildman–Crippen LogP) is -2.42. The summed E-state index contributed by atoms with van der Waals surface area (Å²) in [6.07, 6.45) is -4.35. The average Bonchev–Trinajstić information content (AvgIpc) is 2.25. The van der Waals surface area contributed by atoms with E-state index in [1.54, 1.807) is 0 Å². The predicted molar refractivity (Wildman–Crippen MR) is 52.4 cm³/mol. The third-order valence-corrected chi connectivity index (χ3v) is 2.48. The lowest BCUT2D eigenvalue weighted by atomic mass is 9.97. The zero-order valence-corrected chi connectivity index (χ0v) is 9.16. The van der Waals surface area contributed by atoms with Crippen LogP contribution in [0, 0.1) is 0 Å². The summed E-state index contributed by atoms with van der Waals surface area (Å²) in [4.78, 5) is 10.9. The van der Waals surface area contributed by atoms with Crippen LogP contribution in [-0.2, 0) is 14.3 Å². The van der Waals surface area contributed by atoms with Gasteiger partial charge in [0, 0.05) is 14.0 Å². The van der Waals surface area contributed by atoms with Gasteiger partial charge in [-0.3, -0.25) is 4.79 Å². The molecule has 7 nitrogen and oxygen atoms in total. The third-order valence-electron chi connectivity index (χ3n) is 2.48. The summed E-state index contributed by atoms with van der Waals surface area (Å²) in [6, 6.07) is -0.861. The summed E-state index contributed by atoms with van der Waals surface area (Å²) in [5.74, 6) is -0.371. The second kappa shape index (κ2) is 5.55. The van der Waals surface area contributed by atoms with Crippen molar-refractivity contribution < 1.29 is 29.6 Å². The van der Waals surface area contributed by atoms with E-state index in [1.165, 1.54) is 14.0 Å². The van der Waals surface area contributed by atoms with Crippen LogP contribution < -0.4 is 5.32 Å². The van der Waals surface area contributed by atoms with Gasteiger partial charge in [0.1, 0.15) is 24.4 Å². The van der Waals surface area contributed by atoms with Gasteiger partial charge in [-0.05, 0) is 0 Å². The topological polar surface area (TPSA) is 108 Å². The van der Waals surface area contributed by atoms with Crippen molar-refractivity contribution in [2.75, 3.05) is 13.7 Å². The van der Waals surface area contributed by atoms with Crippen molar-refractivity contribution in [3.8, 4) is 0 Å². The SMILES string of the molecule is CO[C@@H]1OC(CO)[C@H](O)C(O)[C@@H]1NC(C)=O. The Morgan fingerprint density at radius 3 is 2.50 bits per heavy atom. The quantitative estimate of drug-likeness (QED) is 0.433.